The zero-order chi connectivity index (χ0) is 18.4. The first kappa shape index (κ1) is 18.7. The highest BCUT2D eigenvalue weighted by Crippen LogP contribution is 2.26. The first-order valence-corrected chi connectivity index (χ1v) is 9.20. The minimum absolute atomic E-state index is 0.0102. The maximum atomic E-state index is 12.5. The summed E-state index contributed by atoms with van der Waals surface area (Å²) in [6, 6.07) is 7.48. The number of carbonyl (C=O) groups excluding carboxylic acids is 2. The summed E-state index contributed by atoms with van der Waals surface area (Å²) in [6.45, 7) is 3.33. The standard InChI is InChI=1S/C19H27N3O4/c1-25-17-5-3-2-4-16(17)21-19(24)14-6-9-22(10-7-14)18(23)12-15-13-26-11-8-20-15/h2-5,14-15,20H,6-13H2,1H3,(H,21,24). The van der Waals surface area contributed by atoms with E-state index in [1.165, 1.54) is 0 Å². The Hall–Kier alpha value is -2.12. The van der Waals surface area contributed by atoms with E-state index in [1.807, 2.05) is 29.2 Å². The first-order chi connectivity index (χ1) is 12.7. The van der Waals surface area contributed by atoms with Gasteiger partial charge >= 0.3 is 0 Å². The van der Waals surface area contributed by atoms with Crippen molar-refractivity contribution in [3.63, 3.8) is 0 Å². The summed E-state index contributed by atoms with van der Waals surface area (Å²) in [6.07, 6.45) is 1.82. The van der Waals surface area contributed by atoms with Crippen molar-refractivity contribution in [1.82, 2.24) is 10.2 Å². The highest BCUT2D eigenvalue weighted by atomic mass is 16.5. The number of piperidine rings is 1. The summed E-state index contributed by atoms with van der Waals surface area (Å²) < 4.78 is 10.7. The molecule has 2 N–H and O–H groups in total. The number of methoxy groups -OCH3 is 1. The minimum atomic E-state index is -0.0832. The molecule has 1 aromatic rings. The number of carbonyl (C=O) groups is 2. The smallest absolute Gasteiger partial charge is 0.227 e. The van der Waals surface area contributed by atoms with Gasteiger partial charge in [-0.1, -0.05) is 12.1 Å². The number of likely N-dealkylation sites (tertiary alicyclic amines) is 1. The molecule has 7 heteroatoms. The minimum Gasteiger partial charge on any atom is -0.495 e. The summed E-state index contributed by atoms with van der Waals surface area (Å²) in [4.78, 5) is 26.8. The number of nitrogens with zero attached hydrogens (tertiary/aromatic N) is 1. The van der Waals surface area contributed by atoms with E-state index in [2.05, 4.69) is 10.6 Å². The van der Waals surface area contributed by atoms with Gasteiger partial charge in [0.2, 0.25) is 11.8 Å². The van der Waals surface area contributed by atoms with Gasteiger partial charge < -0.3 is 25.0 Å². The molecule has 0 saturated carbocycles. The first-order valence-electron chi connectivity index (χ1n) is 9.20. The van der Waals surface area contributed by atoms with Gasteiger partial charge in [-0.25, -0.2) is 0 Å². The van der Waals surface area contributed by atoms with Crippen molar-refractivity contribution >= 4 is 17.5 Å². The van der Waals surface area contributed by atoms with E-state index in [1.54, 1.807) is 7.11 Å². The number of para-hydroxylation sites is 2. The van der Waals surface area contributed by atoms with Crippen LogP contribution < -0.4 is 15.4 Å². The van der Waals surface area contributed by atoms with E-state index in [0.29, 0.717) is 57.0 Å². The Balaban J connectivity index is 1.46. The molecular formula is C19H27N3O4. The Labute approximate surface area is 154 Å². The maximum Gasteiger partial charge on any atom is 0.227 e. The van der Waals surface area contributed by atoms with Gasteiger partial charge in [-0.2, -0.15) is 0 Å². The molecular weight excluding hydrogens is 334 g/mol. The molecule has 1 aromatic carbocycles. The topological polar surface area (TPSA) is 79.9 Å². The van der Waals surface area contributed by atoms with Crippen molar-refractivity contribution in [2.45, 2.75) is 25.3 Å². The Kier molecular flexibility index (Phi) is 6.46. The van der Waals surface area contributed by atoms with Crippen LogP contribution in [0.1, 0.15) is 19.3 Å². The van der Waals surface area contributed by atoms with Gasteiger partial charge in [-0.3, -0.25) is 9.59 Å². The van der Waals surface area contributed by atoms with Gasteiger partial charge in [-0.15, -0.1) is 0 Å². The highest BCUT2D eigenvalue weighted by Gasteiger charge is 2.29. The Morgan fingerprint density at radius 1 is 1.31 bits per heavy atom. The highest BCUT2D eigenvalue weighted by molar-refractivity contribution is 5.94. The van der Waals surface area contributed by atoms with E-state index < -0.39 is 0 Å². The quantitative estimate of drug-likeness (QED) is 0.825. The van der Waals surface area contributed by atoms with Crippen molar-refractivity contribution in [1.29, 1.82) is 0 Å². The second kappa shape index (κ2) is 9.00. The van der Waals surface area contributed by atoms with Crippen LogP contribution in [0.3, 0.4) is 0 Å². The van der Waals surface area contributed by atoms with Crippen LogP contribution in [0.5, 0.6) is 5.75 Å². The fourth-order valence-electron chi connectivity index (χ4n) is 3.46. The van der Waals surface area contributed by atoms with Crippen LogP contribution in [0.2, 0.25) is 0 Å². The number of ether oxygens (including phenoxy) is 2. The lowest BCUT2D eigenvalue weighted by Crippen LogP contribution is -2.47. The summed E-state index contributed by atoms with van der Waals surface area (Å²) in [5.74, 6) is 0.691. The SMILES string of the molecule is COc1ccccc1NC(=O)C1CCN(C(=O)CC2COCCN2)CC1. The number of rotatable bonds is 5. The van der Waals surface area contributed by atoms with Crippen LogP contribution in [0.25, 0.3) is 0 Å². The molecule has 0 aliphatic carbocycles. The lowest BCUT2D eigenvalue weighted by molar-refractivity contribution is -0.135. The third-order valence-electron chi connectivity index (χ3n) is 5.00. The van der Waals surface area contributed by atoms with Crippen LogP contribution in [-0.4, -0.2) is 62.7 Å². The second-order valence-corrected chi connectivity index (χ2v) is 6.77. The van der Waals surface area contributed by atoms with E-state index in [9.17, 15) is 9.59 Å². The molecule has 1 atom stereocenters. The molecule has 3 rings (SSSR count). The fourth-order valence-corrected chi connectivity index (χ4v) is 3.46. The van der Waals surface area contributed by atoms with Crippen molar-refractivity contribution in [2.24, 2.45) is 5.92 Å². The molecule has 142 valence electrons. The van der Waals surface area contributed by atoms with E-state index in [0.717, 1.165) is 6.54 Å². The van der Waals surface area contributed by atoms with Gasteiger partial charge in [0.25, 0.3) is 0 Å². The van der Waals surface area contributed by atoms with Crippen LogP contribution in [0.4, 0.5) is 5.69 Å². The molecule has 2 fully saturated rings. The largest absolute Gasteiger partial charge is 0.495 e. The average molecular weight is 361 g/mol. The molecule has 2 heterocycles. The fraction of sp³-hybridized carbons (Fsp3) is 0.579. The summed E-state index contributed by atoms with van der Waals surface area (Å²) >= 11 is 0. The molecule has 0 bridgehead atoms. The molecule has 7 nitrogen and oxygen atoms in total. The van der Waals surface area contributed by atoms with Gasteiger partial charge in [0.05, 0.1) is 26.0 Å². The molecule has 2 saturated heterocycles. The zero-order valence-electron chi connectivity index (χ0n) is 15.2. The Bertz CT molecular complexity index is 623. The molecule has 1 unspecified atom stereocenters. The third-order valence-corrected chi connectivity index (χ3v) is 5.00. The van der Waals surface area contributed by atoms with E-state index >= 15 is 0 Å². The summed E-state index contributed by atoms with van der Waals surface area (Å²) in [5.41, 5.74) is 0.682. The van der Waals surface area contributed by atoms with Crippen LogP contribution in [0.15, 0.2) is 24.3 Å². The molecule has 0 spiro atoms. The molecule has 2 amide bonds. The van der Waals surface area contributed by atoms with Gasteiger partial charge in [-0.05, 0) is 25.0 Å². The number of amides is 2. The number of anilines is 1. The second-order valence-electron chi connectivity index (χ2n) is 6.77. The number of hydrogen-bond donors (Lipinski definition) is 2. The van der Waals surface area contributed by atoms with Gasteiger partial charge in [0.15, 0.2) is 0 Å². The van der Waals surface area contributed by atoms with Crippen molar-refractivity contribution in [3.05, 3.63) is 24.3 Å². The molecule has 0 radical (unpaired) electrons. The number of nitrogens with one attached hydrogen (secondary N) is 2. The molecule has 2 aliphatic heterocycles. The van der Waals surface area contributed by atoms with Crippen molar-refractivity contribution in [2.75, 3.05) is 45.3 Å². The van der Waals surface area contributed by atoms with Gasteiger partial charge in [0.1, 0.15) is 5.75 Å². The lowest BCUT2D eigenvalue weighted by Gasteiger charge is -2.33. The lowest BCUT2D eigenvalue weighted by atomic mass is 9.95. The number of hydrogen-bond acceptors (Lipinski definition) is 5. The maximum absolute atomic E-state index is 12.5. The monoisotopic (exact) mass is 361 g/mol. The molecule has 0 aromatic heterocycles. The normalized spacial score (nSPS) is 21.3. The summed E-state index contributed by atoms with van der Waals surface area (Å²) in [7, 11) is 1.58. The Morgan fingerprint density at radius 2 is 2.08 bits per heavy atom. The van der Waals surface area contributed by atoms with Crippen molar-refractivity contribution in [3.8, 4) is 5.75 Å². The van der Waals surface area contributed by atoms with Gasteiger partial charge in [0, 0.05) is 38.0 Å². The third kappa shape index (κ3) is 4.74. The molecule has 26 heavy (non-hydrogen) atoms. The van der Waals surface area contributed by atoms with Crippen LogP contribution >= 0.6 is 0 Å². The van der Waals surface area contributed by atoms with E-state index in [-0.39, 0.29) is 23.8 Å². The average Bonchev–Trinajstić information content (AvgIpc) is 2.69. The van der Waals surface area contributed by atoms with Crippen LogP contribution in [-0.2, 0) is 14.3 Å². The predicted molar refractivity (Wildman–Crippen MR) is 98.2 cm³/mol. The molecule has 2 aliphatic rings. The van der Waals surface area contributed by atoms with Crippen molar-refractivity contribution < 1.29 is 19.1 Å². The number of benzene rings is 1. The Morgan fingerprint density at radius 3 is 2.77 bits per heavy atom. The number of morpholine rings is 1. The zero-order valence-corrected chi connectivity index (χ0v) is 15.2. The summed E-state index contributed by atoms with van der Waals surface area (Å²) in [5, 5.41) is 6.25. The predicted octanol–water partition coefficient (Wildman–Crippen LogP) is 1.25. The van der Waals surface area contributed by atoms with E-state index in [4.69, 9.17) is 9.47 Å². The van der Waals surface area contributed by atoms with Crippen LogP contribution in [0, 0.1) is 5.92 Å².